The molecule has 0 spiro atoms. The van der Waals surface area contributed by atoms with Crippen molar-refractivity contribution >= 4 is 40.0 Å². The van der Waals surface area contributed by atoms with Crippen LogP contribution in [-0.4, -0.2) is 53.7 Å². The Morgan fingerprint density at radius 1 is 0.833 bits per heavy atom. The van der Waals surface area contributed by atoms with E-state index in [1.54, 1.807) is 6.07 Å². The largest absolute Gasteiger partial charge is 0.454 e. The Bertz CT molecular complexity index is 1450. The minimum Gasteiger partial charge on any atom is -0.454 e. The summed E-state index contributed by atoms with van der Waals surface area (Å²) >= 11 is 12.4. The molecule has 8 heteroatoms. The lowest BCUT2D eigenvalue weighted by Crippen LogP contribution is -2.48. The summed E-state index contributed by atoms with van der Waals surface area (Å²) in [7, 11) is 0. The number of rotatable bonds is 4. The van der Waals surface area contributed by atoms with Crippen LogP contribution in [0.15, 0.2) is 66.7 Å². The van der Waals surface area contributed by atoms with Crippen molar-refractivity contribution in [2.45, 2.75) is 6.54 Å². The van der Waals surface area contributed by atoms with E-state index < -0.39 is 0 Å². The molecule has 2 aliphatic rings. The molecule has 0 radical (unpaired) electrons. The molecular formula is C28H23Cl2N3O3. The minimum absolute atomic E-state index is 0.0115. The van der Waals surface area contributed by atoms with Crippen molar-refractivity contribution in [3.05, 3.63) is 87.9 Å². The molecule has 0 N–H and O–H groups in total. The third kappa shape index (κ3) is 4.60. The van der Waals surface area contributed by atoms with E-state index in [9.17, 15) is 4.79 Å². The quantitative estimate of drug-likeness (QED) is 0.336. The van der Waals surface area contributed by atoms with E-state index >= 15 is 0 Å². The summed E-state index contributed by atoms with van der Waals surface area (Å²) in [6, 6.07) is 20.9. The van der Waals surface area contributed by atoms with Crippen molar-refractivity contribution in [2.24, 2.45) is 0 Å². The summed E-state index contributed by atoms with van der Waals surface area (Å²) in [5.74, 6) is 1.57. The Hall–Kier alpha value is -3.32. The van der Waals surface area contributed by atoms with Crippen LogP contribution in [0.25, 0.3) is 22.2 Å². The van der Waals surface area contributed by atoms with E-state index in [-0.39, 0.29) is 12.7 Å². The van der Waals surface area contributed by atoms with Crippen LogP contribution in [0, 0.1) is 0 Å². The third-order valence-electron chi connectivity index (χ3n) is 6.64. The second-order valence-electron chi connectivity index (χ2n) is 8.98. The highest BCUT2D eigenvalue weighted by atomic mass is 35.5. The fraction of sp³-hybridized carbons (Fsp3) is 0.214. The van der Waals surface area contributed by atoms with Gasteiger partial charge in [0, 0.05) is 53.7 Å². The number of fused-ring (bicyclic) bond motifs is 2. The first-order chi connectivity index (χ1) is 17.5. The number of hydrogen-bond acceptors (Lipinski definition) is 5. The molecule has 6 nitrogen and oxygen atoms in total. The first-order valence-electron chi connectivity index (χ1n) is 11.8. The zero-order chi connectivity index (χ0) is 24.6. The predicted octanol–water partition coefficient (Wildman–Crippen LogP) is 5.90. The molecule has 3 aromatic carbocycles. The molecule has 6 rings (SSSR count). The van der Waals surface area contributed by atoms with Gasteiger partial charge in [0.2, 0.25) is 6.79 Å². The lowest BCUT2D eigenvalue weighted by molar-refractivity contribution is 0.0630. The van der Waals surface area contributed by atoms with Gasteiger partial charge < -0.3 is 14.4 Å². The summed E-state index contributed by atoms with van der Waals surface area (Å²) in [4.78, 5) is 22.8. The van der Waals surface area contributed by atoms with Crippen LogP contribution < -0.4 is 9.47 Å². The maximum absolute atomic E-state index is 13.7. The molecule has 1 amide bonds. The molecular weight excluding hydrogens is 497 g/mol. The average molecular weight is 520 g/mol. The van der Waals surface area contributed by atoms with Crippen molar-refractivity contribution in [1.82, 2.24) is 14.8 Å². The maximum atomic E-state index is 13.7. The number of hydrogen-bond donors (Lipinski definition) is 0. The van der Waals surface area contributed by atoms with Crippen LogP contribution in [-0.2, 0) is 6.54 Å². The summed E-state index contributed by atoms with van der Waals surface area (Å²) in [6.45, 7) is 3.93. The highest BCUT2D eigenvalue weighted by Gasteiger charge is 2.25. The van der Waals surface area contributed by atoms with E-state index in [4.69, 9.17) is 37.7 Å². The van der Waals surface area contributed by atoms with Crippen molar-refractivity contribution in [3.63, 3.8) is 0 Å². The van der Waals surface area contributed by atoms with E-state index in [2.05, 4.69) is 11.0 Å². The standard InChI is InChI=1S/C28H23Cl2N3O3/c29-20-4-2-19(3-5-20)25-15-23(22-14-21(30)6-7-24(22)31-25)28(34)33-11-9-32(10-12-33)16-18-1-8-26-27(13-18)36-17-35-26/h1-8,13-15H,9-12,16-17H2. The third-order valence-corrected chi connectivity index (χ3v) is 7.13. The van der Waals surface area contributed by atoms with Crippen LogP contribution in [0.4, 0.5) is 0 Å². The van der Waals surface area contributed by atoms with Gasteiger partial charge in [-0.05, 0) is 54.1 Å². The monoisotopic (exact) mass is 519 g/mol. The van der Waals surface area contributed by atoms with Gasteiger partial charge >= 0.3 is 0 Å². The number of ether oxygens (including phenoxy) is 2. The van der Waals surface area contributed by atoms with Gasteiger partial charge in [0.25, 0.3) is 5.91 Å². The SMILES string of the molecule is O=C(c1cc(-c2ccc(Cl)cc2)nc2ccc(Cl)cc12)N1CCN(Cc2ccc3c(c2)OCO3)CC1. The summed E-state index contributed by atoms with van der Waals surface area (Å²) in [5, 5.41) is 1.99. The lowest BCUT2D eigenvalue weighted by atomic mass is 10.0. The number of amides is 1. The molecule has 1 aromatic heterocycles. The van der Waals surface area contributed by atoms with Gasteiger partial charge in [-0.2, -0.15) is 0 Å². The normalized spacial score (nSPS) is 15.4. The number of pyridine rings is 1. The Kier molecular flexibility index (Phi) is 6.17. The number of aromatic nitrogens is 1. The molecule has 4 aromatic rings. The van der Waals surface area contributed by atoms with E-state index in [0.717, 1.165) is 53.3 Å². The minimum atomic E-state index is -0.0115. The van der Waals surface area contributed by atoms with Crippen LogP contribution in [0.2, 0.25) is 10.0 Å². The number of carbonyl (C=O) groups is 1. The molecule has 3 heterocycles. The van der Waals surface area contributed by atoms with Gasteiger partial charge in [0.05, 0.1) is 16.8 Å². The van der Waals surface area contributed by atoms with E-state index in [1.807, 2.05) is 59.5 Å². The van der Waals surface area contributed by atoms with E-state index in [0.29, 0.717) is 28.7 Å². The zero-order valence-electron chi connectivity index (χ0n) is 19.4. The topological polar surface area (TPSA) is 54.9 Å². The van der Waals surface area contributed by atoms with Crippen molar-refractivity contribution in [3.8, 4) is 22.8 Å². The average Bonchev–Trinajstić information content (AvgIpc) is 3.37. The van der Waals surface area contributed by atoms with Crippen LogP contribution in [0.1, 0.15) is 15.9 Å². The van der Waals surface area contributed by atoms with Crippen molar-refractivity contribution in [2.75, 3.05) is 33.0 Å². The van der Waals surface area contributed by atoms with Gasteiger partial charge in [-0.25, -0.2) is 4.98 Å². The van der Waals surface area contributed by atoms with Gasteiger partial charge in [0.15, 0.2) is 11.5 Å². The maximum Gasteiger partial charge on any atom is 0.254 e. The molecule has 0 aliphatic carbocycles. The molecule has 182 valence electrons. The Labute approximate surface area is 219 Å². The highest BCUT2D eigenvalue weighted by molar-refractivity contribution is 6.31. The fourth-order valence-electron chi connectivity index (χ4n) is 4.72. The summed E-state index contributed by atoms with van der Waals surface area (Å²) < 4.78 is 10.9. The van der Waals surface area contributed by atoms with Crippen LogP contribution in [0.3, 0.4) is 0 Å². The van der Waals surface area contributed by atoms with Crippen LogP contribution >= 0.6 is 23.2 Å². The van der Waals surface area contributed by atoms with Gasteiger partial charge in [-0.3, -0.25) is 9.69 Å². The molecule has 0 bridgehead atoms. The van der Waals surface area contributed by atoms with Gasteiger partial charge in [-0.1, -0.05) is 41.4 Å². The molecule has 1 saturated heterocycles. The Morgan fingerprint density at radius 3 is 2.39 bits per heavy atom. The van der Waals surface area contributed by atoms with Gasteiger partial charge in [0.1, 0.15) is 0 Å². The second-order valence-corrected chi connectivity index (χ2v) is 9.85. The number of benzene rings is 3. The first-order valence-corrected chi connectivity index (χ1v) is 12.6. The first kappa shape index (κ1) is 23.1. The predicted molar refractivity (Wildman–Crippen MR) is 141 cm³/mol. The number of piperazine rings is 1. The molecule has 1 fully saturated rings. The Morgan fingerprint density at radius 2 is 1.58 bits per heavy atom. The summed E-state index contributed by atoms with van der Waals surface area (Å²) in [6.07, 6.45) is 0. The van der Waals surface area contributed by atoms with Crippen molar-refractivity contribution in [1.29, 1.82) is 0 Å². The highest BCUT2D eigenvalue weighted by Crippen LogP contribution is 2.33. The van der Waals surface area contributed by atoms with Crippen molar-refractivity contribution < 1.29 is 14.3 Å². The number of carbonyl (C=O) groups excluding carboxylic acids is 1. The zero-order valence-corrected chi connectivity index (χ0v) is 20.9. The smallest absolute Gasteiger partial charge is 0.254 e. The fourth-order valence-corrected chi connectivity index (χ4v) is 5.02. The number of halogens is 2. The van der Waals surface area contributed by atoms with Gasteiger partial charge in [-0.15, -0.1) is 0 Å². The lowest BCUT2D eigenvalue weighted by Gasteiger charge is -2.35. The van der Waals surface area contributed by atoms with Crippen LogP contribution in [0.5, 0.6) is 11.5 Å². The van der Waals surface area contributed by atoms with E-state index in [1.165, 1.54) is 5.56 Å². The Balaban J connectivity index is 1.22. The molecule has 0 atom stereocenters. The molecule has 0 unspecified atom stereocenters. The molecule has 0 saturated carbocycles. The molecule has 36 heavy (non-hydrogen) atoms. The molecule has 2 aliphatic heterocycles. The second kappa shape index (κ2) is 9.62. The summed E-state index contributed by atoms with van der Waals surface area (Å²) in [5.41, 5.74) is 4.14. The number of nitrogens with zero attached hydrogens (tertiary/aromatic N) is 3.